The number of nitrogens with one attached hydrogen (secondary N) is 2. The molecule has 0 saturated heterocycles. The molecular formula is C21H40N2O5. The Balaban J connectivity index is 4.77. The predicted octanol–water partition coefficient (Wildman–Crippen LogP) is 3.95. The lowest BCUT2D eigenvalue weighted by Gasteiger charge is -2.23. The Kier molecular flexibility index (Phi) is 13.3. The molecule has 0 saturated carbocycles. The van der Waals surface area contributed by atoms with E-state index >= 15 is 0 Å². The van der Waals surface area contributed by atoms with Gasteiger partial charge in [0.1, 0.15) is 12.1 Å². The van der Waals surface area contributed by atoms with Gasteiger partial charge >= 0.3 is 12.1 Å². The second-order valence-electron chi connectivity index (χ2n) is 8.35. The Morgan fingerprint density at radius 2 is 1.43 bits per heavy atom. The predicted molar refractivity (Wildman–Crippen MR) is 110 cm³/mol. The number of hydrogen-bond acceptors (Lipinski definition) is 5. The molecule has 2 unspecified atom stereocenters. The Morgan fingerprint density at radius 1 is 0.821 bits per heavy atom. The fourth-order valence-electron chi connectivity index (χ4n) is 2.46. The van der Waals surface area contributed by atoms with E-state index in [0.717, 1.165) is 25.7 Å². The van der Waals surface area contributed by atoms with Crippen molar-refractivity contribution in [3.8, 4) is 0 Å². The summed E-state index contributed by atoms with van der Waals surface area (Å²) in [7, 11) is 0. The molecule has 0 spiro atoms. The molecule has 0 heterocycles. The molecule has 2 atom stereocenters. The maximum absolute atomic E-state index is 12.6. The normalized spacial score (nSPS) is 13.4. The fourth-order valence-corrected chi connectivity index (χ4v) is 2.46. The molecule has 0 fully saturated rings. The molecule has 0 aromatic carbocycles. The van der Waals surface area contributed by atoms with Crippen molar-refractivity contribution in [2.75, 3.05) is 13.2 Å². The molecule has 2 N–H and O–H groups in total. The highest BCUT2D eigenvalue weighted by Crippen LogP contribution is 2.13. The van der Waals surface area contributed by atoms with Crippen LogP contribution in [0.25, 0.3) is 0 Å². The topological polar surface area (TPSA) is 93.7 Å². The monoisotopic (exact) mass is 400 g/mol. The first-order chi connectivity index (χ1) is 13.1. The lowest BCUT2D eigenvalue weighted by atomic mass is 9.99. The smallest absolute Gasteiger partial charge is 0.407 e. The van der Waals surface area contributed by atoms with Gasteiger partial charge in [0.25, 0.3) is 0 Å². The van der Waals surface area contributed by atoms with Crippen LogP contribution in [0.4, 0.5) is 4.79 Å². The second-order valence-corrected chi connectivity index (χ2v) is 8.35. The third-order valence-electron chi connectivity index (χ3n) is 3.99. The number of alkyl carbamates (subject to hydrolysis) is 1. The average molecular weight is 401 g/mol. The van der Waals surface area contributed by atoms with Crippen molar-refractivity contribution in [1.29, 1.82) is 0 Å². The molecule has 28 heavy (non-hydrogen) atoms. The first-order valence-corrected chi connectivity index (χ1v) is 10.5. The number of carbonyl (C=O) groups is 3. The Labute approximate surface area is 170 Å². The van der Waals surface area contributed by atoms with Gasteiger partial charge in [-0.05, 0) is 24.7 Å². The van der Waals surface area contributed by atoms with E-state index < -0.39 is 30.1 Å². The van der Waals surface area contributed by atoms with Crippen LogP contribution in [0.15, 0.2) is 0 Å². The van der Waals surface area contributed by atoms with E-state index in [1.807, 2.05) is 34.6 Å². The Morgan fingerprint density at radius 3 is 1.96 bits per heavy atom. The Hall–Kier alpha value is -1.79. The minimum absolute atomic E-state index is 0.159. The van der Waals surface area contributed by atoms with Crippen LogP contribution in [-0.4, -0.2) is 43.3 Å². The summed E-state index contributed by atoms with van der Waals surface area (Å²) in [5, 5.41) is 5.35. The molecule has 0 aliphatic carbocycles. The molecular weight excluding hydrogens is 360 g/mol. The number of unbranched alkanes of at least 4 members (excludes halogenated alkanes) is 2. The van der Waals surface area contributed by atoms with Gasteiger partial charge in [-0.15, -0.1) is 0 Å². The summed E-state index contributed by atoms with van der Waals surface area (Å²) in [6, 6.07) is -1.45. The summed E-state index contributed by atoms with van der Waals surface area (Å²) < 4.78 is 10.5. The highest BCUT2D eigenvalue weighted by Gasteiger charge is 2.27. The molecule has 0 aromatic heterocycles. The van der Waals surface area contributed by atoms with Gasteiger partial charge in [0, 0.05) is 0 Å². The van der Waals surface area contributed by atoms with E-state index in [0.29, 0.717) is 25.9 Å². The number of ether oxygens (including phenoxy) is 2. The van der Waals surface area contributed by atoms with E-state index in [1.54, 1.807) is 0 Å². The molecule has 0 aliphatic rings. The van der Waals surface area contributed by atoms with Gasteiger partial charge in [-0.3, -0.25) is 4.79 Å². The van der Waals surface area contributed by atoms with Crippen LogP contribution in [0.1, 0.15) is 86.5 Å². The molecule has 0 radical (unpaired) electrons. The van der Waals surface area contributed by atoms with Crippen LogP contribution in [-0.2, 0) is 19.1 Å². The molecule has 0 bridgehead atoms. The van der Waals surface area contributed by atoms with Gasteiger partial charge in [-0.2, -0.15) is 0 Å². The van der Waals surface area contributed by atoms with E-state index in [9.17, 15) is 14.4 Å². The number of hydrogen-bond donors (Lipinski definition) is 2. The van der Waals surface area contributed by atoms with Gasteiger partial charge in [-0.1, -0.05) is 67.2 Å². The molecule has 0 rings (SSSR count). The minimum Gasteiger partial charge on any atom is -0.464 e. The van der Waals surface area contributed by atoms with Crippen LogP contribution < -0.4 is 10.6 Å². The van der Waals surface area contributed by atoms with Crippen molar-refractivity contribution in [2.24, 2.45) is 5.41 Å². The standard InChI is InChI=1S/C21H40N2O5/c1-7-10-11-14-27-19(25)17(13-9-3)22-18(24)16(12-8-2)23-20(26)28-15-21(4,5)6/h16-17H,7-15H2,1-6H3,(H,22,24)(H,23,26). The first-order valence-electron chi connectivity index (χ1n) is 10.5. The molecule has 7 heteroatoms. The van der Waals surface area contributed by atoms with Crippen LogP contribution in [0.3, 0.4) is 0 Å². The summed E-state index contributed by atoms with van der Waals surface area (Å²) in [5.74, 6) is -0.810. The number of amides is 2. The SMILES string of the molecule is CCCCCOC(=O)C(CCC)NC(=O)C(CCC)NC(=O)OCC(C)(C)C. The summed E-state index contributed by atoms with van der Waals surface area (Å²) >= 11 is 0. The summed E-state index contributed by atoms with van der Waals surface area (Å²) in [6.07, 6.45) is 4.62. The van der Waals surface area contributed by atoms with Crippen LogP contribution in [0.2, 0.25) is 0 Å². The van der Waals surface area contributed by atoms with Crippen molar-refractivity contribution in [2.45, 2.75) is 98.6 Å². The van der Waals surface area contributed by atoms with Gasteiger partial charge in [0.05, 0.1) is 13.2 Å². The van der Waals surface area contributed by atoms with Gasteiger partial charge in [-0.25, -0.2) is 9.59 Å². The highest BCUT2D eigenvalue weighted by molar-refractivity contribution is 5.89. The van der Waals surface area contributed by atoms with E-state index in [-0.39, 0.29) is 12.0 Å². The van der Waals surface area contributed by atoms with Crippen molar-refractivity contribution in [1.82, 2.24) is 10.6 Å². The molecule has 2 amide bonds. The number of esters is 1. The van der Waals surface area contributed by atoms with E-state index in [4.69, 9.17) is 9.47 Å². The average Bonchev–Trinajstić information content (AvgIpc) is 2.62. The summed E-state index contributed by atoms with van der Waals surface area (Å²) in [4.78, 5) is 37.0. The third-order valence-corrected chi connectivity index (χ3v) is 3.99. The minimum atomic E-state index is -0.746. The molecule has 0 aromatic rings. The van der Waals surface area contributed by atoms with Crippen molar-refractivity contribution in [3.63, 3.8) is 0 Å². The van der Waals surface area contributed by atoms with Crippen LogP contribution >= 0.6 is 0 Å². The van der Waals surface area contributed by atoms with Crippen molar-refractivity contribution >= 4 is 18.0 Å². The van der Waals surface area contributed by atoms with Gasteiger partial charge < -0.3 is 20.1 Å². The molecule has 7 nitrogen and oxygen atoms in total. The van der Waals surface area contributed by atoms with E-state index in [1.165, 1.54) is 0 Å². The highest BCUT2D eigenvalue weighted by atomic mass is 16.5. The van der Waals surface area contributed by atoms with Crippen molar-refractivity contribution < 1.29 is 23.9 Å². The zero-order valence-electron chi connectivity index (χ0n) is 18.6. The molecule has 164 valence electrons. The van der Waals surface area contributed by atoms with Crippen LogP contribution in [0, 0.1) is 5.41 Å². The fraction of sp³-hybridized carbons (Fsp3) is 0.857. The second kappa shape index (κ2) is 14.2. The number of rotatable bonds is 13. The summed E-state index contributed by atoms with van der Waals surface area (Å²) in [5.41, 5.74) is -0.159. The zero-order chi connectivity index (χ0) is 21.6. The Bertz CT molecular complexity index is 474. The first kappa shape index (κ1) is 26.2. The lowest BCUT2D eigenvalue weighted by molar-refractivity contribution is -0.148. The zero-order valence-corrected chi connectivity index (χ0v) is 18.6. The maximum atomic E-state index is 12.6. The van der Waals surface area contributed by atoms with E-state index in [2.05, 4.69) is 17.6 Å². The third kappa shape index (κ3) is 12.6. The van der Waals surface area contributed by atoms with Gasteiger partial charge in [0.2, 0.25) is 5.91 Å². The summed E-state index contributed by atoms with van der Waals surface area (Å²) in [6.45, 7) is 12.4. The number of carbonyl (C=O) groups excluding carboxylic acids is 3. The van der Waals surface area contributed by atoms with Crippen LogP contribution in [0.5, 0.6) is 0 Å². The van der Waals surface area contributed by atoms with Gasteiger partial charge in [0.15, 0.2) is 0 Å². The maximum Gasteiger partial charge on any atom is 0.407 e. The van der Waals surface area contributed by atoms with Crippen molar-refractivity contribution in [3.05, 3.63) is 0 Å². The largest absolute Gasteiger partial charge is 0.464 e. The lowest BCUT2D eigenvalue weighted by Crippen LogP contribution is -2.52. The quantitative estimate of drug-likeness (QED) is 0.361. The molecule has 0 aliphatic heterocycles.